The lowest BCUT2D eigenvalue weighted by atomic mass is 10.0. The van der Waals surface area contributed by atoms with E-state index < -0.39 is 15.8 Å². The molecular weight excluding hydrogens is 459 g/mol. The number of furan rings is 1. The van der Waals surface area contributed by atoms with Gasteiger partial charge in [0.2, 0.25) is 15.8 Å². The summed E-state index contributed by atoms with van der Waals surface area (Å²) in [5, 5.41) is 1.20. The molecule has 0 bridgehead atoms. The molecule has 3 aromatic carbocycles. The Morgan fingerprint density at radius 1 is 1.00 bits per heavy atom. The Hall–Kier alpha value is -3.00. The van der Waals surface area contributed by atoms with Gasteiger partial charge in [-0.15, -0.1) is 0 Å². The highest BCUT2D eigenvalue weighted by atomic mass is 35.5. The maximum absolute atomic E-state index is 12.9. The fourth-order valence-corrected chi connectivity index (χ4v) is 4.29. The molecule has 3 N–H and O–H groups in total. The normalized spacial score (nSPS) is 11.6. The van der Waals surface area contributed by atoms with Crippen LogP contribution < -0.4 is 10.5 Å². The van der Waals surface area contributed by atoms with Gasteiger partial charge in [0.05, 0.1) is 17.0 Å². The molecule has 9 heteroatoms. The van der Waals surface area contributed by atoms with E-state index in [2.05, 4.69) is 4.72 Å². The van der Waals surface area contributed by atoms with E-state index in [1.54, 1.807) is 36.4 Å². The molecule has 0 aliphatic rings. The number of hydrogen-bond acceptors (Lipinski definition) is 5. The third-order valence-electron chi connectivity index (χ3n) is 4.61. The quantitative estimate of drug-likeness (QED) is 0.367. The number of carbonyl (C=O) groups excluding carboxylic acids is 1. The zero-order valence-corrected chi connectivity index (χ0v) is 18.5. The summed E-state index contributed by atoms with van der Waals surface area (Å²) in [6.45, 7) is 0. The number of nitrogens with two attached hydrogens (primary N) is 1. The van der Waals surface area contributed by atoms with Gasteiger partial charge in [0.1, 0.15) is 5.58 Å². The predicted molar refractivity (Wildman–Crippen MR) is 124 cm³/mol. The maximum Gasteiger partial charge on any atom is 0.231 e. The summed E-state index contributed by atoms with van der Waals surface area (Å²) in [6, 6.07) is 16.8. The van der Waals surface area contributed by atoms with Crippen LogP contribution in [0.25, 0.3) is 22.1 Å². The van der Waals surface area contributed by atoms with Gasteiger partial charge >= 0.3 is 0 Å². The SMILES string of the molecule is CS(=O)(=O)Nc1cccc(-c2ccc3c(N)c(C(=O)c4ccc(Cl)cc4Cl)oc3c2)c1. The maximum atomic E-state index is 12.9. The number of rotatable bonds is 5. The van der Waals surface area contributed by atoms with Crippen LogP contribution in [0.4, 0.5) is 11.4 Å². The lowest BCUT2D eigenvalue weighted by molar-refractivity contribution is 0.101. The minimum atomic E-state index is -3.40. The van der Waals surface area contributed by atoms with E-state index in [1.807, 2.05) is 12.1 Å². The van der Waals surface area contributed by atoms with Crippen LogP contribution in [-0.4, -0.2) is 20.5 Å². The van der Waals surface area contributed by atoms with Gasteiger partial charge in [-0.25, -0.2) is 8.42 Å². The number of nitrogens with one attached hydrogen (secondary N) is 1. The van der Waals surface area contributed by atoms with Crippen molar-refractivity contribution in [2.45, 2.75) is 0 Å². The molecule has 1 aromatic heterocycles. The monoisotopic (exact) mass is 474 g/mol. The lowest BCUT2D eigenvalue weighted by Gasteiger charge is -2.07. The van der Waals surface area contributed by atoms with Gasteiger partial charge < -0.3 is 10.2 Å². The van der Waals surface area contributed by atoms with Gasteiger partial charge in [0.15, 0.2) is 5.76 Å². The molecule has 0 aliphatic carbocycles. The number of halogens is 2. The van der Waals surface area contributed by atoms with Crippen LogP contribution in [0.15, 0.2) is 65.1 Å². The number of fused-ring (bicyclic) bond motifs is 1. The molecule has 0 fully saturated rings. The van der Waals surface area contributed by atoms with Crippen molar-refractivity contribution in [2.75, 3.05) is 16.7 Å². The van der Waals surface area contributed by atoms with Gasteiger partial charge in [-0.05, 0) is 53.6 Å². The first-order valence-corrected chi connectivity index (χ1v) is 11.7. The Labute approximate surface area is 188 Å². The molecule has 0 atom stereocenters. The minimum Gasteiger partial charge on any atom is -0.450 e. The van der Waals surface area contributed by atoms with Crippen molar-refractivity contribution in [3.8, 4) is 11.1 Å². The fraction of sp³-hybridized carbons (Fsp3) is 0.0455. The van der Waals surface area contributed by atoms with Gasteiger partial charge in [0, 0.05) is 21.7 Å². The van der Waals surface area contributed by atoms with E-state index in [-0.39, 0.29) is 22.0 Å². The zero-order valence-electron chi connectivity index (χ0n) is 16.1. The fourth-order valence-electron chi connectivity index (χ4n) is 3.24. The van der Waals surface area contributed by atoms with Crippen molar-refractivity contribution in [1.29, 1.82) is 0 Å². The predicted octanol–water partition coefficient (Wildman–Crippen LogP) is 5.59. The first-order valence-electron chi connectivity index (χ1n) is 9.02. The van der Waals surface area contributed by atoms with E-state index in [0.717, 1.165) is 17.4 Å². The van der Waals surface area contributed by atoms with Crippen molar-refractivity contribution >= 4 is 61.4 Å². The van der Waals surface area contributed by atoms with Crippen LogP contribution in [0, 0.1) is 0 Å². The Morgan fingerprint density at radius 3 is 2.45 bits per heavy atom. The van der Waals surface area contributed by atoms with E-state index in [0.29, 0.717) is 21.7 Å². The van der Waals surface area contributed by atoms with Crippen molar-refractivity contribution in [2.24, 2.45) is 0 Å². The molecule has 1 heterocycles. The molecule has 0 spiro atoms. The van der Waals surface area contributed by atoms with E-state index in [1.165, 1.54) is 12.1 Å². The summed E-state index contributed by atoms with van der Waals surface area (Å²) in [7, 11) is -3.40. The van der Waals surface area contributed by atoms with Gasteiger partial charge in [-0.3, -0.25) is 9.52 Å². The molecule has 4 aromatic rings. The van der Waals surface area contributed by atoms with Crippen molar-refractivity contribution < 1.29 is 17.6 Å². The summed E-state index contributed by atoms with van der Waals surface area (Å²) in [6.07, 6.45) is 1.09. The third-order valence-corrected chi connectivity index (χ3v) is 5.76. The second kappa shape index (κ2) is 7.92. The van der Waals surface area contributed by atoms with Crippen LogP contribution in [0.5, 0.6) is 0 Å². The molecule has 158 valence electrons. The van der Waals surface area contributed by atoms with Crippen LogP contribution in [0.1, 0.15) is 16.1 Å². The molecule has 4 rings (SSSR count). The number of carbonyl (C=O) groups is 1. The zero-order chi connectivity index (χ0) is 22.3. The number of hydrogen-bond donors (Lipinski definition) is 2. The van der Waals surface area contributed by atoms with Crippen LogP contribution in [0.2, 0.25) is 10.0 Å². The highest BCUT2D eigenvalue weighted by molar-refractivity contribution is 7.92. The molecule has 0 amide bonds. The second-order valence-corrected chi connectivity index (χ2v) is 9.56. The summed E-state index contributed by atoms with van der Waals surface area (Å²) in [4.78, 5) is 12.9. The number of benzene rings is 3. The van der Waals surface area contributed by atoms with Crippen LogP contribution >= 0.6 is 23.2 Å². The Bertz CT molecular complexity index is 1450. The smallest absolute Gasteiger partial charge is 0.231 e. The minimum absolute atomic E-state index is 0.0103. The summed E-state index contributed by atoms with van der Waals surface area (Å²) in [5.41, 5.74) is 9.01. The second-order valence-electron chi connectivity index (χ2n) is 6.96. The number of anilines is 2. The first-order chi connectivity index (χ1) is 14.6. The van der Waals surface area contributed by atoms with Gasteiger partial charge in [-0.2, -0.15) is 0 Å². The van der Waals surface area contributed by atoms with Gasteiger partial charge in [0.25, 0.3) is 0 Å². The molecule has 0 aliphatic heterocycles. The summed E-state index contributed by atoms with van der Waals surface area (Å²) < 4.78 is 31.2. The summed E-state index contributed by atoms with van der Waals surface area (Å²) >= 11 is 12.1. The highest BCUT2D eigenvalue weighted by Gasteiger charge is 2.22. The lowest BCUT2D eigenvalue weighted by Crippen LogP contribution is -2.09. The van der Waals surface area contributed by atoms with Gasteiger partial charge in [-0.1, -0.05) is 41.4 Å². The molecular formula is C22H16Cl2N2O4S. The molecule has 6 nitrogen and oxygen atoms in total. The molecule has 0 unspecified atom stereocenters. The van der Waals surface area contributed by atoms with Crippen molar-refractivity contribution in [3.63, 3.8) is 0 Å². The van der Waals surface area contributed by atoms with Crippen molar-refractivity contribution in [3.05, 3.63) is 82.0 Å². The average molecular weight is 475 g/mol. The summed E-state index contributed by atoms with van der Waals surface area (Å²) in [5.74, 6) is -0.458. The van der Waals surface area contributed by atoms with Crippen molar-refractivity contribution in [1.82, 2.24) is 0 Å². The topological polar surface area (TPSA) is 102 Å². The molecule has 0 saturated heterocycles. The standard InChI is InChI=1S/C22H16Cl2N2O4S/c1-31(28,29)26-15-4-2-3-12(9-15)13-5-7-17-19(10-13)30-22(20(17)25)21(27)16-8-6-14(23)11-18(16)24/h2-11,26H,25H2,1H3. The number of nitrogen functional groups attached to an aromatic ring is 1. The highest BCUT2D eigenvalue weighted by Crippen LogP contribution is 2.35. The van der Waals surface area contributed by atoms with E-state index in [9.17, 15) is 13.2 Å². The third kappa shape index (κ3) is 4.39. The largest absolute Gasteiger partial charge is 0.450 e. The van der Waals surface area contributed by atoms with E-state index in [4.69, 9.17) is 33.4 Å². The Kier molecular flexibility index (Phi) is 5.43. The Balaban J connectivity index is 1.75. The number of sulfonamides is 1. The molecule has 0 radical (unpaired) electrons. The number of ketones is 1. The first kappa shape index (κ1) is 21.2. The van der Waals surface area contributed by atoms with Crippen LogP contribution in [0.3, 0.4) is 0 Å². The average Bonchev–Trinajstić information content (AvgIpc) is 3.02. The molecule has 0 saturated carbocycles. The van der Waals surface area contributed by atoms with Crippen LogP contribution in [-0.2, 0) is 10.0 Å². The molecule has 31 heavy (non-hydrogen) atoms. The van der Waals surface area contributed by atoms with E-state index >= 15 is 0 Å². The Morgan fingerprint density at radius 2 is 1.74 bits per heavy atom.